The monoisotopic (exact) mass is 662 g/mol. The summed E-state index contributed by atoms with van der Waals surface area (Å²) in [6.45, 7) is 0. The summed E-state index contributed by atoms with van der Waals surface area (Å²) in [5, 5.41) is 4.54. The fourth-order valence-corrected chi connectivity index (χ4v) is 7.83. The van der Waals surface area contributed by atoms with Crippen LogP contribution in [0.1, 0.15) is 6.85 Å². The third-order valence-corrected chi connectivity index (χ3v) is 10.3. The van der Waals surface area contributed by atoms with Gasteiger partial charge in [0.15, 0.2) is 17.5 Å². The predicted molar refractivity (Wildman–Crippen MR) is 207 cm³/mol. The van der Waals surface area contributed by atoms with E-state index in [0.717, 1.165) is 38.6 Å². The Bertz CT molecular complexity index is 3130. The number of nitrogens with zero attached hydrogens (tertiary/aromatic N) is 3. The first-order valence-electron chi connectivity index (χ1n) is 18.7. The minimum atomic E-state index is -0.423. The van der Waals surface area contributed by atoms with Crippen molar-refractivity contribution in [1.82, 2.24) is 15.0 Å². The molecule has 0 spiro atoms. The number of hydrogen-bond donors (Lipinski definition) is 0. The van der Waals surface area contributed by atoms with E-state index < -0.39 is 6.04 Å². The lowest BCUT2D eigenvalue weighted by Gasteiger charge is -2.09. The average Bonchev–Trinajstić information content (AvgIpc) is 3.80. The van der Waals surface area contributed by atoms with Crippen LogP contribution >= 0.6 is 11.3 Å². The largest absolute Gasteiger partial charge is 0.456 e. The molecular weight excluding hydrogens is 631 g/mol. The zero-order valence-electron chi connectivity index (χ0n) is 31.4. The third kappa shape index (κ3) is 4.87. The molecule has 234 valence electrons. The summed E-state index contributed by atoms with van der Waals surface area (Å²) in [5.74, 6) is 1.40. The van der Waals surface area contributed by atoms with Crippen LogP contribution in [-0.4, -0.2) is 15.0 Å². The summed E-state index contributed by atoms with van der Waals surface area (Å²) in [4.78, 5) is 14.7. The number of thiophene rings is 1. The van der Waals surface area contributed by atoms with Crippen molar-refractivity contribution >= 4 is 53.4 Å². The van der Waals surface area contributed by atoms with Crippen LogP contribution in [0.4, 0.5) is 0 Å². The molecule has 0 amide bonds. The minimum Gasteiger partial charge on any atom is -0.456 e. The van der Waals surface area contributed by atoms with Crippen LogP contribution in [0.5, 0.6) is 0 Å². The molecule has 0 N–H and O–H groups in total. The second-order valence-electron chi connectivity index (χ2n) is 12.1. The highest BCUT2D eigenvalue weighted by molar-refractivity contribution is 7.26. The van der Waals surface area contributed by atoms with E-state index in [9.17, 15) is 0 Å². The van der Waals surface area contributed by atoms with Crippen LogP contribution in [0, 0.1) is 0 Å². The average molecular weight is 663 g/mol. The van der Waals surface area contributed by atoms with Crippen LogP contribution in [-0.2, 0) is 0 Å². The first-order chi connectivity index (χ1) is 26.8. The van der Waals surface area contributed by atoms with Crippen molar-refractivity contribution in [3.8, 4) is 56.4 Å². The molecular formula is C45H27N3OS. The lowest BCUT2D eigenvalue weighted by atomic mass is 10.0. The Morgan fingerprint density at radius 1 is 0.440 bits per heavy atom. The van der Waals surface area contributed by atoms with E-state index in [1.54, 1.807) is 24.3 Å². The first-order valence-corrected chi connectivity index (χ1v) is 17.0. The highest BCUT2D eigenvalue weighted by atomic mass is 32.1. The molecule has 0 saturated heterocycles. The summed E-state index contributed by atoms with van der Waals surface area (Å²) in [6.07, 6.45) is 0. The van der Waals surface area contributed by atoms with Crippen molar-refractivity contribution < 1.29 is 11.3 Å². The van der Waals surface area contributed by atoms with Gasteiger partial charge in [0.2, 0.25) is 0 Å². The maximum atomic E-state index is 8.42. The molecule has 10 aromatic rings. The van der Waals surface area contributed by atoms with Gasteiger partial charge in [0, 0.05) is 47.6 Å². The summed E-state index contributed by atoms with van der Waals surface area (Å²) < 4.78 is 50.1. The molecule has 3 heterocycles. The Morgan fingerprint density at radius 2 is 1.02 bits per heavy atom. The number of rotatable bonds is 5. The Labute approximate surface area is 299 Å². The van der Waals surface area contributed by atoms with Crippen molar-refractivity contribution in [2.24, 2.45) is 0 Å². The van der Waals surface area contributed by atoms with Gasteiger partial charge in [0.25, 0.3) is 0 Å². The van der Waals surface area contributed by atoms with Gasteiger partial charge in [-0.2, -0.15) is 0 Å². The molecule has 4 nitrogen and oxygen atoms in total. The Kier molecular flexibility index (Phi) is 5.54. The Balaban J connectivity index is 1.06. The van der Waals surface area contributed by atoms with Gasteiger partial charge in [-0.3, -0.25) is 0 Å². The Morgan fingerprint density at radius 3 is 1.78 bits per heavy atom. The SMILES string of the molecule is [2H]c1c([2H])c([2H])c(-c2ccc(-c3nc(-c4ccccc4)nc(-c4ccc5c(c4)oc4cc(-c6cccc7c6sc6ccccc67)ccc45)n3)cc2)c([2H])c1[2H]. The lowest BCUT2D eigenvalue weighted by Crippen LogP contribution is -2.00. The van der Waals surface area contributed by atoms with E-state index in [1.165, 1.54) is 25.7 Å². The second kappa shape index (κ2) is 11.6. The third-order valence-electron chi connectivity index (χ3n) is 9.05. The van der Waals surface area contributed by atoms with Gasteiger partial charge in [-0.1, -0.05) is 133 Å². The number of benzene rings is 7. The normalized spacial score (nSPS) is 13.0. The quantitative estimate of drug-likeness (QED) is 0.184. The highest BCUT2D eigenvalue weighted by Crippen LogP contribution is 2.41. The molecule has 50 heavy (non-hydrogen) atoms. The molecule has 0 aliphatic carbocycles. The molecule has 0 fully saturated rings. The van der Waals surface area contributed by atoms with E-state index in [-0.39, 0.29) is 29.7 Å². The number of aromatic nitrogens is 3. The van der Waals surface area contributed by atoms with Crippen LogP contribution in [0.2, 0.25) is 0 Å². The smallest absolute Gasteiger partial charge is 0.164 e. The van der Waals surface area contributed by atoms with Crippen molar-refractivity contribution in [1.29, 1.82) is 0 Å². The maximum absolute atomic E-state index is 8.42. The van der Waals surface area contributed by atoms with E-state index in [2.05, 4.69) is 60.7 Å². The summed E-state index contributed by atoms with van der Waals surface area (Å²) >= 11 is 1.81. The van der Waals surface area contributed by atoms with Crippen LogP contribution in [0.15, 0.2) is 168 Å². The molecule has 0 bridgehead atoms. The molecule has 0 unspecified atom stereocenters. The molecule has 7 aromatic carbocycles. The van der Waals surface area contributed by atoms with Gasteiger partial charge in [0.1, 0.15) is 11.2 Å². The van der Waals surface area contributed by atoms with Crippen LogP contribution < -0.4 is 0 Å². The second-order valence-corrected chi connectivity index (χ2v) is 13.1. The molecule has 5 heteroatoms. The van der Waals surface area contributed by atoms with Crippen molar-refractivity contribution in [2.75, 3.05) is 0 Å². The lowest BCUT2D eigenvalue weighted by molar-refractivity contribution is 0.669. The molecule has 0 atom stereocenters. The topological polar surface area (TPSA) is 51.8 Å². The fourth-order valence-electron chi connectivity index (χ4n) is 6.59. The van der Waals surface area contributed by atoms with E-state index >= 15 is 0 Å². The zero-order valence-corrected chi connectivity index (χ0v) is 27.2. The van der Waals surface area contributed by atoms with E-state index in [4.69, 9.17) is 26.2 Å². The zero-order chi connectivity index (χ0) is 37.4. The van der Waals surface area contributed by atoms with Gasteiger partial charge in [-0.05, 0) is 52.6 Å². The van der Waals surface area contributed by atoms with Gasteiger partial charge in [-0.15, -0.1) is 11.3 Å². The van der Waals surface area contributed by atoms with Crippen molar-refractivity contribution in [3.63, 3.8) is 0 Å². The number of fused-ring (bicyclic) bond motifs is 6. The summed E-state index contributed by atoms with van der Waals surface area (Å²) in [7, 11) is 0. The number of hydrogen-bond acceptors (Lipinski definition) is 5. The van der Waals surface area contributed by atoms with Crippen molar-refractivity contribution in [3.05, 3.63) is 164 Å². The van der Waals surface area contributed by atoms with Crippen LogP contribution in [0.3, 0.4) is 0 Å². The van der Waals surface area contributed by atoms with E-state index in [0.29, 0.717) is 28.6 Å². The maximum Gasteiger partial charge on any atom is 0.164 e. The molecule has 3 aromatic heterocycles. The molecule has 0 radical (unpaired) electrons. The molecule has 0 aliphatic rings. The fraction of sp³-hybridized carbons (Fsp3) is 0. The molecule has 0 aliphatic heterocycles. The van der Waals surface area contributed by atoms with Gasteiger partial charge in [0.05, 0.1) is 6.85 Å². The standard InChI is InChI=1S/C45H27N3OS/c1-3-10-28(11-4-1)29-18-20-31(21-19-29)44-46-43(30-12-5-2-6-13-30)47-45(48-44)33-23-25-36-35-24-22-32(26-39(35)49-40(36)27-33)34-15-9-16-38-37-14-7-8-17-41(37)50-42(34)38/h1-27H/i1D,3D,4D,10D,11D. The molecule has 10 rings (SSSR count). The van der Waals surface area contributed by atoms with Gasteiger partial charge >= 0.3 is 0 Å². The predicted octanol–water partition coefficient (Wildman–Crippen LogP) is 12.5. The Hall–Kier alpha value is -6.43. The van der Waals surface area contributed by atoms with Crippen molar-refractivity contribution in [2.45, 2.75) is 0 Å². The summed E-state index contributed by atoms with van der Waals surface area (Å²) in [5.41, 5.74) is 6.69. The van der Waals surface area contributed by atoms with Gasteiger partial charge in [-0.25, -0.2) is 15.0 Å². The van der Waals surface area contributed by atoms with Crippen LogP contribution in [0.25, 0.3) is 98.5 Å². The van der Waals surface area contributed by atoms with Gasteiger partial charge < -0.3 is 4.42 Å². The first kappa shape index (κ1) is 23.8. The molecule has 0 saturated carbocycles. The minimum absolute atomic E-state index is 0.141. The number of furan rings is 1. The van der Waals surface area contributed by atoms with E-state index in [1.807, 2.05) is 59.9 Å². The highest BCUT2D eigenvalue weighted by Gasteiger charge is 2.16. The summed E-state index contributed by atoms with van der Waals surface area (Å²) in [6, 6.07) is 42.5.